The molecular formula is C14H17N5O. The Kier molecular flexibility index (Phi) is 2.53. The van der Waals surface area contributed by atoms with Crippen molar-refractivity contribution >= 4 is 11.6 Å². The van der Waals surface area contributed by atoms with Crippen molar-refractivity contribution in [2.45, 2.75) is 18.8 Å². The van der Waals surface area contributed by atoms with Crippen molar-refractivity contribution in [2.75, 3.05) is 19.6 Å². The third-order valence-electron chi connectivity index (χ3n) is 4.68. The molecule has 1 atom stereocenters. The molecule has 3 saturated heterocycles. The largest absolute Gasteiger partial charge is 0.365 e. The molecule has 2 aromatic heterocycles. The van der Waals surface area contributed by atoms with Gasteiger partial charge in [-0.3, -0.25) is 4.79 Å². The first-order chi connectivity index (χ1) is 9.74. The minimum absolute atomic E-state index is 0.307. The maximum atomic E-state index is 11.9. The van der Waals surface area contributed by atoms with E-state index in [1.165, 1.54) is 25.9 Å². The van der Waals surface area contributed by atoms with Gasteiger partial charge in [0.1, 0.15) is 5.56 Å². The number of aromatic nitrogens is 3. The number of hydrogen-bond acceptors (Lipinski definition) is 4. The maximum absolute atomic E-state index is 11.9. The highest BCUT2D eigenvalue weighted by Gasteiger charge is 2.38. The van der Waals surface area contributed by atoms with E-state index in [0.29, 0.717) is 23.0 Å². The van der Waals surface area contributed by atoms with Crippen molar-refractivity contribution in [3.63, 3.8) is 0 Å². The van der Waals surface area contributed by atoms with Crippen molar-refractivity contribution < 1.29 is 4.79 Å². The van der Waals surface area contributed by atoms with Crippen molar-refractivity contribution in [3.05, 3.63) is 29.7 Å². The van der Waals surface area contributed by atoms with E-state index in [4.69, 9.17) is 5.73 Å². The van der Waals surface area contributed by atoms with E-state index >= 15 is 0 Å². The van der Waals surface area contributed by atoms with Crippen LogP contribution in [0.3, 0.4) is 0 Å². The van der Waals surface area contributed by atoms with E-state index in [-0.39, 0.29) is 0 Å². The summed E-state index contributed by atoms with van der Waals surface area (Å²) in [5.74, 6) is 0.495. The fraction of sp³-hybridized carbons (Fsp3) is 0.500. The van der Waals surface area contributed by atoms with Gasteiger partial charge in [0.2, 0.25) is 0 Å². The molecule has 6 nitrogen and oxygen atoms in total. The molecule has 20 heavy (non-hydrogen) atoms. The fourth-order valence-corrected chi connectivity index (χ4v) is 3.67. The highest BCUT2D eigenvalue weighted by atomic mass is 16.1. The first-order valence-corrected chi connectivity index (χ1v) is 7.09. The quantitative estimate of drug-likeness (QED) is 0.869. The molecular weight excluding hydrogens is 254 g/mol. The van der Waals surface area contributed by atoms with Crippen molar-refractivity contribution in [3.8, 4) is 0 Å². The molecule has 6 heteroatoms. The Morgan fingerprint density at radius 3 is 2.80 bits per heavy atom. The van der Waals surface area contributed by atoms with Gasteiger partial charge in [-0.1, -0.05) is 0 Å². The van der Waals surface area contributed by atoms with E-state index in [1.807, 2.05) is 12.3 Å². The predicted octanol–water partition coefficient (Wildman–Crippen LogP) is 0.637. The van der Waals surface area contributed by atoms with Gasteiger partial charge < -0.3 is 10.6 Å². The maximum Gasteiger partial charge on any atom is 0.254 e. The van der Waals surface area contributed by atoms with Crippen molar-refractivity contribution in [1.82, 2.24) is 19.5 Å². The second-order valence-electron chi connectivity index (χ2n) is 5.76. The summed E-state index contributed by atoms with van der Waals surface area (Å²) in [5.41, 5.74) is 7.50. The molecule has 5 heterocycles. The number of primary amides is 1. The summed E-state index contributed by atoms with van der Waals surface area (Å²) in [6.45, 7) is 3.31. The standard InChI is InChI=1S/C14H17N5O/c15-13(20)11-12(17-19-5-1-4-16-14(11)19)10-8-18-6-2-9(10)3-7-18/h1,4-5,9-10H,2-3,6-8H2,(H2,15,20)/t10-/m0/s1. The highest BCUT2D eigenvalue weighted by molar-refractivity contribution is 6.00. The van der Waals surface area contributed by atoms with Crippen molar-refractivity contribution in [1.29, 1.82) is 0 Å². The second kappa shape index (κ2) is 4.28. The van der Waals surface area contributed by atoms with Gasteiger partial charge >= 0.3 is 0 Å². The molecule has 2 bridgehead atoms. The average molecular weight is 271 g/mol. The zero-order valence-corrected chi connectivity index (χ0v) is 11.2. The molecule has 5 rings (SSSR count). The van der Waals surface area contributed by atoms with Gasteiger partial charge in [0.05, 0.1) is 5.69 Å². The second-order valence-corrected chi connectivity index (χ2v) is 5.76. The highest BCUT2D eigenvalue weighted by Crippen LogP contribution is 2.39. The number of carbonyl (C=O) groups is 1. The lowest BCUT2D eigenvalue weighted by Gasteiger charge is -2.44. The minimum Gasteiger partial charge on any atom is -0.365 e. The fourth-order valence-electron chi connectivity index (χ4n) is 3.67. The van der Waals surface area contributed by atoms with E-state index in [0.717, 1.165) is 12.2 Å². The van der Waals surface area contributed by atoms with Crippen LogP contribution in [0.1, 0.15) is 34.8 Å². The lowest BCUT2D eigenvalue weighted by Crippen LogP contribution is -2.46. The summed E-state index contributed by atoms with van der Waals surface area (Å²) >= 11 is 0. The SMILES string of the molecule is NC(=O)c1c([C@H]2CN3CCC2CC3)nn2cccnc12. The number of carbonyl (C=O) groups excluding carboxylic acids is 1. The van der Waals surface area contributed by atoms with Gasteiger partial charge in [0, 0.05) is 24.9 Å². The molecule has 3 fully saturated rings. The summed E-state index contributed by atoms with van der Waals surface area (Å²) < 4.78 is 1.67. The van der Waals surface area contributed by atoms with Gasteiger partial charge in [0.25, 0.3) is 5.91 Å². The summed E-state index contributed by atoms with van der Waals surface area (Å²) in [5, 5.41) is 4.60. The Morgan fingerprint density at radius 1 is 1.35 bits per heavy atom. The third-order valence-corrected chi connectivity index (χ3v) is 4.68. The molecule has 2 N–H and O–H groups in total. The molecule has 0 spiro atoms. The van der Waals surface area contributed by atoms with Crippen LogP contribution in [0, 0.1) is 5.92 Å². The zero-order chi connectivity index (χ0) is 13.7. The topological polar surface area (TPSA) is 76.5 Å². The van der Waals surface area contributed by atoms with E-state index in [1.54, 1.807) is 10.7 Å². The Hall–Kier alpha value is -1.95. The zero-order valence-electron chi connectivity index (χ0n) is 11.2. The van der Waals surface area contributed by atoms with Crippen LogP contribution < -0.4 is 5.73 Å². The Balaban J connectivity index is 1.87. The van der Waals surface area contributed by atoms with Gasteiger partial charge in [-0.05, 0) is 37.9 Å². The van der Waals surface area contributed by atoms with Crippen LogP contribution in [0.4, 0.5) is 0 Å². The lowest BCUT2D eigenvalue weighted by atomic mass is 9.76. The summed E-state index contributed by atoms with van der Waals surface area (Å²) in [6.07, 6.45) is 5.86. The monoisotopic (exact) mass is 271 g/mol. The van der Waals surface area contributed by atoms with Crippen molar-refractivity contribution in [2.24, 2.45) is 11.7 Å². The molecule has 3 aliphatic heterocycles. The van der Waals surface area contributed by atoms with Gasteiger partial charge in [-0.25, -0.2) is 9.50 Å². The normalized spacial score (nSPS) is 28.9. The molecule has 0 aliphatic carbocycles. The summed E-state index contributed by atoms with van der Waals surface area (Å²) in [6, 6.07) is 1.81. The number of nitrogens with two attached hydrogens (primary N) is 1. The number of rotatable bonds is 2. The molecule has 0 unspecified atom stereocenters. The average Bonchev–Trinajstić information content (AvgIpc) is 2.87. The number of amides is 1. The van der Waals surface area contributed by atoms with Gasteiger partial charge in [-0.15, -0.1) is 0 Å². The predicted molar refractivity (Wildman–Crippen MR) is 73.4 cm³/mol. The van der Waals surface area contributed by atoms with Crippen LogP contribution in [0.5, 0.6) is 0 Å². The first-order valence-electron chi connectivity index (χ1n) is 7.09. The lowest BCUT2D eigenvalue weighted by molar-refractivity contribution is 0.0840. The van der Waals surface area contributed by atoms with Crippen LogP contribution in [0.25, 0.3) is 5.65 Å². The molecule has 0 radical (unpaired) electrons. The minimum atomic E-state index is -0.426. The molecule has 104 valence electrons. The van der Waals surface area contributed by atoms with Crippen LogP contribution >= 0.6 is 0 Å². The number of fused-ring (bicyclic) bond motifs is 4. The molecule has 3 aliphatic rings. The van der Waals surface area contributed by atoms with E-state index < -0.39 is 5.91 Å². The molecule has 0 aromatic carbocycles. The smallest absolute Gasteiger partial charge is 0.254 e. The van der Waals surface area contributed by atoms with Crippen LogP contribution in [0.2, 0.25) is 0 Å². The molecule has 1 amide bonds. The van der Waals surface area contributed by atoms with E-state index in [9.17, 15) is 4.79 Å². The number of nitrogens with zero attached hydrogens (tertiary/aromatic N) is 4. The van der Waals surface area contributed by atoms with Gasteiger partial charge in [0.15, 0.2) is 5.65 Å². The summed E-state index contributed by atoms with van der Waals surface area (Å²) in [4.78, 5) is 18.6. The van der Waals surface area contributed by atoms with Crippen LogP contribution in [0.15, 0.2) is 18.5 Å². The Bertz CT molecular complexity index is 671. The van der Waals surface area contributed by atoms with Gasteiger partial charge in [-0.2, -0.15) is 5.10 Å². The summed E-state index contributed by atoms with van der Waals surface area (Å²) in [7, 11) is 0. The first kappa shape index (κ1) is 11.8. The number of hydrogen-bond donors (Lipinski definition) is 1. The Labute approximate surface area is 116 Å². The third kappa shape index (κ3) is 1.64. The van der Waals surface area contributed by atoms with E-state index in [2.05, 4.69) is 15.0 Å². The number of piperidine rings is 3. The molecule has 0 saturated carbocycles. The van der Waals surface area contributed by atoms with Crippen LogP contribution in [-0.2, 0) is 0 Å². The van der Waals surface area contributed by atoms with Crippen LogP contribution in [-0.4, -0.2) is 45.0 Å². The Morgan fingerprint density at radius 2 is 2.15 bits per heavy atom. The molecule has 2 aromatic rings.